The second kappa shape index (κ2) is 9.32. The molecule has 1 heterocycles. The number of unbranched alkanes of at least 4 members (excludes halogenated alkanes) is 3. The van der Waals surface area contributed by atoms with E-state index < -0.39 is 11.5 Å². The predicted molar refractivity (Wildman–Crippen MR) is 118 cm³/mol. The molecule has 3 aromatic rings. The highest BCUT2D eigenvalue weighted by atomic mass is 16.5. The van der Waals surface area contributed by atoms with Crippen LogP contribution in [0.3, 0.4) is 0 Å². The molecule has 0 saturated carbocycles. The van der Waals surface area contributed by atoms with Crippen LogP contribution in [0.15, 0.2) is 47.3 Å². The number of aromatic amines is 1. The fourth-order valence-corrected chi connectivity index (χ4v) is 3.15. The lowest BCUT2D eigenvalue weighted by Gasteiger charge is -2.10. The van der Waals surface area contributed by atoms with Crippen molar-refractivity contribution in [1.82, 2.24) is 4.98 Å². The van der Waals surface area contributed by atoms with Gasteiger partial charge in [-0.1, -0.05) is 43.8 Å². The van der Waals surface area contributed by atoms with Gasteiger partial charge < -0.3 is 20.1 Å². The molecule has 0 unspecified atom stereocenters. The van der Waals surface area contributed by atoms with Gasteiger partial charge in [0.25, 0.3) is 11.5 Å². The molecule has 0 aliphatic heterocycles. The summed E-state index contributed by atoms with van der Waals surface area (Å²) in [6.45, 7) is 2.83. The lowest BCUT2D eigenvalue weighted by atomic mass is 9.94. The molecule has 1 amide bonds. The molecular formula is C22H25BN2O4. The van der Waals surface area contributed by atoms with Gasteiger partial charge in [0.2, 0.25) is 0 Å². The molecule has 0 bridgehead atoms. The topological polar surface area (TPSA) is 91.4 Å². The number of nitrogens with one attached hydrogen (secondary N) is 2. The average molecular weight is 392 g/mol. The number of hydrogen-bond acceptors (Lipinski definition) is 4. The normalized spacial score (nSPS) is 10.8. The molecule has 1 aromatic heterocycles. The van der Waals surface area contributed by atoms with Crippen molar-refractivity contribution >= 4 is 35.8 Å². The quantitative estimate of drug-likeness (QED) is 0.406. The maximum absolute atomic E-state index is 12.6. The summed E-state index contributed by atoms with van der Waals surface area (Å²) in [5.74, 6) is -0.265. The smallest absolute Gasteiger partial charge is 0.265 e. The van der Waals surface area contributed by atoms with Crippen molar-refractivity contribution in [2.24, 2.45) is 0 Å². The SMILES string of the molecule is Bc1ccc2[nH]c(=O)c(C(=O)Nc3ccc(OCCCCCC)cc3)c(O)c2c1. The van der Waals surface area contributed by atoms with Gasteiger partial charge in [0.1, 0.15) is 24.9 Å². The second-order valence-electron chi connectivity index (χ2n) is 7.11. The van der Waals surface area contributed by atoms with E-state index in [-0.39, 0.29) is 11.3 Å². The summed E-state index contributed by atoms with van der Waals surface area (Å²) in [7, 11) is 1.87. The number of rotatable bonds is 8. The van der Waals surface area contributed by atoms with Crippen LogP contribution >= 0.6 is 0 Å². The number of pyridine rings is 1. The number of anilines is 1. The lowest BCUT2D eigenvalue weighted by Crippen LogP contribution is -2.23. The molecule has 150 valence electrons. The van der Waals surface area contributed by atoms with Gasteiger partial charge in [-0.3, -0.25) is 9.59 Å². The summed E-state index contributed by atoms with van der Waals surface area (Å²) in [5, 5.41) is 13.6. The highest BCUT2D eigenvalue weighted by Gasteiger charge is 2.19. The Kier molecular flexibility index (Phi) is 6.59. The van der Waals surface area contributed by atoms with Gasteiger partial charge in [0.05, 0.1) is 12.1 Å². The maximum Gasteiger partial charge on any atom is 0.265 e. The molecule has 0 fully saturated rings. The number of aromatic nitrogens is 1. The Labute approximate surface area is 170 Å². The lowest BCUT2D eigenvalue weighted by molar-refractivity contribution is 0.102. The third kappa shape index (κ3) is 4.99. The number of benzene rings is 2. The Morgan fingerprint density at radius 1 is 1.14 bits per heavy atom. The van der Waals surface area contributed by atoms with Gasteiger partial charge in [-0.05, 0) is 36.8 Å². The molecule has 29 heavy (non-hydrogen) atoms. The summed E-state index contributed by atoms with van der Waals surface area (Å²) in [4.78, 5) is 27.6. The molecule has 0 saturated heterocycles. The summed E-state index contributed by atoms with van der Waals surface area (Å²) < 4.78 is 5.69. The van der Waals surface area contributed by atoms with E-state index in [0.29, 0.717) is 23.2 Å². The van der Waals surface area contributed by atoms with Crippen LogP contribution in [0, 0.1) is 0 Å². The molecule has 3 N–H and O–H groups in total. The minimum atomic E-state index is -0.666. The van der Waals surface area contributed by atoms with Crippen molar-refractivity contribution in [3.05, 3.63) is 58.4 Å². The van der Waals surface area contributed by atoms with E-state index in [1.807, 2.05) is 13.9 Å². The third-order valence-electron chi connectivity index (χ3n) is 4.75. The summed E-state index contributed by atoms with van der Waals surface area (Å²) >= 11 is 0. The van der Waals surface area contributed by atoms with Gasteiger partial charge in [-0.15, -0.1) is 0 Å². The number of ether oxygens (including phenoxy) is 1. The Bertz CT molecular complexity index is 1060. The first-order chi connectivity index (χ1) is 14.0. The van der Waals surface area contributed by atoms with Crippen LogP contribution in [-0.2, 0) is 0 Å². The van der Waals surface area contributed by atoms with Crippen molar-refractivity contribution < 1.29 is 14.6 Å². The van der Waals surface area contributed by atoms with Crippen molar-refractivity contribution in [2.45, 2.75) is 32.6 Å². The summed E-state index contributed by atoms with van der Waals surface area (Å²) in [6, 6.07) is 12.2. The molecule has 2 aromatic carbocycles. The number of H-pyrrole nitrogens is 1. The number of fused-ring (bicyclic) bond motifs is 1. The summed E-state index contributed by atoms with van der Waals surface area (Å²) in [6.07, 6.45) is 4.54. The van der Waals surface area contributed by atoms with E-state index in [1.165, 1.54) is 12.8 Å². The zero-order chi connectivity index (χ0) is 20.8. The summed E-state index contributed by atoms with van der Waals surface area (Å²) in [5.41, 5.74) is 0.964. The van der Waals surface area contributed by atoms with E-state index in [4.69, 9.17) is 4.74 Å². The number of hydrogen-bond donors (Lipinski definition) is 3. The van der Waals surface area contributed by atoms with Crippen LogP contribution in [0.1, 0.15) is 43.0 Å². The van der Waals surface area contributed by atoms with Gasteiger partial charge in [-0.2, -0.15) is 0 Å². The van der Waals surface area contributed by atoms with Crippen LogP contribution in [0.2, 0.25) is 0 Å². The Morgan fingerprint density at radius 2 is 1.90 bits per heavy atom. The first kappa shape index (κ1) is 20.5. The van der Waals surface area contributed by atoms with Gasteiger partial charge in [-0.25, -0.2) is 0 Å². The zero-order valence-electron chi connectivity index (χ0n) is 16.7. The number of aromatic hydroxyl groups is 1. The van der Waals surface area contributed by atoms with Crippen LogP contribution in [0.4, 0.5) is 5.69 Å². The zero-order valence-corrected chi connectivity index (χ0v) is 16.7. The number of carbonyl (C=O) groups excluding carboxylic acids is 1. The van der Waals surface area contributed by atoms with E-state index in [0.717, 1.165) is 24.1 Å². The fourth-order valence-electron chi connectivity index (χ4n) is 3.15. The first-order valence-corrected chi connectivity index (χ1v) is 9.89. The number of amides is 1. The molecule has 0 aliphatic carbocycles. The average Bonchev–Trinajstić information content (AvgIpc) is 2.70. The van der Waals surface area contributed by atoms with Gasteiger partial charge in [0.15, 0.2) is 0 Å². The highest BCUT2D eigenvalue weighted by Crippen LogP contribution is 2.25. The fraction of sp³-hybridized carbons (Fsp3) is 0.273. The molecular weight excluding hydrogens is 367 g/mol. The Balaban J connectivity index is 1.71. The van der Waals surface area contributed by atoms with Crippen LogP contribution in [0.25, 0.3) is 10.9 Å². The van der Waals surface area contributed by atoms with Crippen molar-refractivity contribution in [3.8, 4) is 11.5 Å². The largest absolute Gasteiger partial charge is 0.506 e. The van der Waals surface area contributed by atoms with Crippen molar-refractivity contribution in [3.63, 3.8) is 0 Å². The highest BCUT2D eigenvalue weighted by molar-refractivity contribution is 6.33. The molecule has 7 heteroatoms. The van der Waals surface area contributed by atoms with Gasteiger partial charge in [0, 0.05) is 11.1 Å². The van der Waals surface area contributed by atoms with Crippen molar-refractivity contribution in [1.29, 1.82) is 0 Å². The monoisotopic (exact) mass is 392 g/mol. The van der Waals surface area contributed by atoms with Crippen LogP contribution in [0.5, 0.6) is 11.5 Å². The molecule has 3 rings (SSSR count). The minimum Gasteiger partial charge on any atom is -0.506 e. The molecule has 0 spiro atoms. The Hall–Kier alpha value is -3.22. The van der Waals surface area contributed by atoms with Crippen LogP contribution < -0.4 is 21.1 Å². The standard InChI is InChI=1S/C22H25BN2O4/c1-2-3-4-5-12-29-16-9-7-15(8-10-16)24-21(27)19-20(26)17-13-14(23)6-11-18(17)25-22(19)28/h6-11,13H,2-5,12,23H2,1H3,(H,24,27)(H2,25,26,28). The molecule has 0 aliphatic rings. The second-order valence-corrected chi connectivity index (χ2v) is 7.11. The predicted octanol–water partition coefficient (Wildman–Crippen LogP) is 2.70. The maximum atomic E-state index is 12.6. The minimum absolute atomic E-state index is 0.306. The van der Waals surface area contributed by atoms with Crippen molar-refractivity contribution in [2.75, 3.05) is 11.9 Å². The first-order valence-electron chi connectivity index (χ1n) is 9.89. The Morgan fingerprint density at radius 3 is 2.62 bits per heavy atom. The van der Waals surface area contributed by atoms with E-state index in [9.17, 15) is 14.7 Å². The van der Waals surface area contributed by atoms with Crippen LogP contribution in [-0.4, -0.2) is 30.5 Å². The third-order valence-corrected chi connectivity index (χ3v) is 4.75. The van der Waals surface area contributed by atoms with E-state index in [2.05, 4.69) is 17.2 Å². The van der Waals surface area contributed by atoms with E-state index >= 15 is 0 Å². The molecule has 6 nitrogen and oxygen atoms in total. The molecule has 0 atom stereocenters. The number of carbonyl (C=O) groups is 1. The van der Waals surface area contributed by atoms with E-state index in [1.54, 1.807) is 36.4 Å². The van der Waals surface area contributed by atoms with Gasteiger partial charge >= 0.3 is 0 Å². The molecule has 0 radical (unpaired) electrons.